The topological polar surface area (TPSA) is 91.0 Å². The molecule has 3 aliphatic heterocycles. The lowest BCUT2D eigenvalue weighted by Crippen LogP contribution is -2.57. The molecule has 0 aliphatic carbocycles. The Morgan fingerprint density at radius 1 is 1.07 bits per heavy atom. The number of benzene rings is 3. The van der Waals surface area contributed by atoms with Gasteiger partial charge in [-0.05, 0) is 63.5 Å². The zero-order valence-corrected chi connectivity index (χ0v) is 27.1. The molecule has 0 radical (unpaired) electrons. The van der Waals surface area contributed by atoms with Gasteiger partial charge in [-0.1, -0.05) is 41.4 Å². The maximum Gasteiger partial charge on any atom is 0.319 e. The van der Waals surface area contributed by atoms with Gasteiger partial charge in [-0.15, -0.1) is 0 Å². The number of likely N-dealkylation sites (tertiary alicyclic amines) is 1. The fraction of sp³-hybridized carbons (Fsp3) is 0.344. The van der Waals surface area contributed by atoms with Crippen LogP contribution in [0.25, 0.3) is 0 Å². The average Bonchev–Trinajstić information content (AvgIpc) is 3.27. The molecule has 230 valence electrons. The third-order valence-corrected chi connectivity index (χ3v) is 9.85. The van der Waals surface area contributed by atoms with Crippen molar-refractivity contribution in [3.63, 3.8) is 0 Å². The van der Waals surface area contributed by atoms with Crippen LogP contribution < -0.4 is 15.4 Å². The van der Waals surface area contributed by atoms with E-state index in [4.69, 9.17) is 27.9 Å². The number of fused-ring (bicyclic) bond motifs is 2. The summed E-state index contributed by atoms with van der Waals surface area (Å²) in [6.45, 7) is 0.959. The van der Waals surface area contributed by atoms with Crippen molar-refractivity contribution in [2.24, 2.45) is 0 Å². The molecule has 0 saturated carbocycles. The monoisotopic (exact) mass is 702 g/mol. The van der Waals surface area contributed by atoms with Crippen LogP contribution >= 0.6 is 39.1 Å². The van der Waals surface area contributed by atoms with Crippen molar-refractivity contribution in [2.45, 2.75) is 42.7 Å². The number of nitrogens with one attached hydrogen (secondary N) is 2. The molecule has 3 aromatic carbocycles. The van der Waals surface area contributed by atoms with E-state index >= 15 is 4.39 Å². The lowest BCUT2D eigenvalue weighted by atomic mass is 9.59. The van der Waals surface area contributed by atoms with E-state index in [0.717, 1.165) is 0 Å². The summed E-state index contributed by atoms with van der Waals surface area (Å²) in [6, 6.07) is 14.1. The third kappa shape index (κ3) is 5.20. The largest absolute Gasteiger partial charge is 0.490 e. The second kappa shape index (κ2) is 11.9. The highest BCUT2D eigenvalue weighted by Crippen LogP contribution is 2.59. The summed E-state index contributed by atoms with van der Waals surface area (Å²) in [4.78, 5) is 43.6. The molecule has 3 aliphatic rings. The number of amides is 4. The number of rotatable bonds is 4. The van der Waals surface area contributed by atoms with Crippen LogP contribution in [0.4, 0.5) is 14.9 Å². The van der Waals surface area contributed by atoms with E-state index in [1.807, 2.05) is 6.07 Å². The van der Waals surface area contributed by atoms with Gasteiger partial charge in [-0.2, -0.15) is 0 Å². The van der Waals surface area contributed by atoms with Crippen LogP contribution in [-0.2, 0) is 15.0 Å². The van der Waals surface area contributed by atoms with Crippen LogP contribution in [0.3, 0.4) is 0 Å². The zero-order valence-electron chi connectivity index (χ0n) is 24.0. The van der Waals surface area contributed by atoms with Crippen molar-refractivity contribution in [2.75, 3.05) is 32.5 Å². The summed E-state index contributed by atoms with van der Waals surface area (Å²) in [7, 11) is 3.41. The van der Waals surface area contributed by atoms with Crippen molar-refractivity contribution in [1.29, 1.82) is 0 Å². The van der Waals surface area contributed by atoms with Crippen LogP contribution in [0.1, 0.15) is 47.9 Å². The van der Waals surface area contributed by atoms with Crippen molar-refractivity contribution in [3.8, 4) is 5.75 Å². The molecular weight excluding hydrogens is 674 g/mol. The number of hydrogen-bond acceptors (Lipinski definition) is 4. The predicted molar refractivity (Wildman–Crippen MR) is 170 cm³/mol. The number of ether oxygens (including phenoxy) is 1. The molecule has 2 N–H and O–H groups in total. The number of urea groups is 1. The summed E-state index contributed by atoms with van der Waals surface area (Å²) in [5.74, 6) is -1.87. The Hall–Kier alpha value is -3.34. The van der Waals surface area contributed by atoms with Gasteiger partial charge in [0.2, 0.25) is 11.8 Å². The smallest absolute Gasteiger partial charge is 0.319 e. The van der Waals surface area contributed by atoms with Gasteiger partial charge in [0.25, 0.3) is 0 Å². The highest BCUT2D eigenvalue weighted by Gasteiger charge is 2.62. The molecule has 0 bridgehead atoms. The third-order valence-electron chi connectivity index (χ3n) is 8.77. The van der Waals surface area contributed by atoms with Crippen molar-refractivity contribution in [1.82, 2.24) is 15.1 Å². The molecule has 1 spiro atoms. The zero-order chi connectivity index (χ0) is 31.3. The van der Waals surface area contributed by atoms with E-state index in [1.165, 1.54) is 4.90 Å². The molecule has 44 heavy (non-hydrogen) atoms. The molecule has 3 aromatic rings. The first-order valence-electron chi connectivity index (χ1n) is 14.3. The Morgan fingerprint density at radius 3 is 2.50 bits per heavy atom. The highest BCUT2D eigenvalue weighted by molar-refractivity contribution is 9.10. The number of carbonyl (C=O) groups is 3. The van der Waals surface area contributed by atoms with Gasteiger partial charge in [-0.3, -0.25) is 9.59 Å². The molecule has 4 amide bonds. The molecule has 2 saturated heterocycles. The molecule has 0 aromatic heterocycles. The number of halogens is 4. The molecule has 6 rings (SSSR count). The van der Waals surface area contributed by atoms with Crippen molar-refractivity contribution >= 4 is 62.7 Å². The second-order valence-corrected chi connectivity index (χ2v) is 13.3. The van der Waals surface area contributed by atoms with Crippen LogP contribution in [0.15, 0.2) is 59.1 Å². The molecule has 1 unspecified atom stereocenters. The number of nitrogens with zero attached hydrogens (tertiary/aromatic N) is 2. The lowest BCUT2D eigenvalue weighted by molar-refractivity contribution is -0.131. The standard InChI is InChI=1S/C32H30BrCl2FN4O4/c1-39(2)31(43)40-12-10-20(11-13-40)44-25-9-8-23(33)28(36)27(25)29-32(21-7-6-19(35)15-24(21)37-30(32)42)22(16-26(41)38-29)17-4-3-5-18(34)14-17/h3-9,14-15,20,22,29H,10-13,16H2,1-2H3,(H,37,42)(H,38,41)/t22-,29+,32?/m0/s1. The van der Waals surface area contributed by atoms with Gasteiger partial charge in [0.05, 0.1) is 16.1 Å². The van der Waals surface area contributed by atoms with Gasteiger partial charge in [0, 0.05) is 68.1 Å². The SMILES string of the molecule is CN(C)C(=O)N1CCC(Oc2ccc(Br)c(F)c2[C@H]2NC(=O)C[C@@H](c3cccc(Cl)c3)C23C(=O)Nc2cc(Cl)ccc23)CC1. The summed E-state index contributed by atoms with van der Waals surface area (Å²) < 4.78 is 23.1. The normalized spacial score (nSPS) is 23.3. The Bertz CT molecular complexity index is 1670. The minimum atomic E-state index is -1.47. The van der Waals surface area contributed by atoms with E-state index in [9.17, 15) is 14.4 Å². The Kier molecular flexibility index (Phi) is 8.28. The molecule has 8 nitrogen and oxygen atoms in total. The lowest BCUT2D eigenvalue weighted by Gasteiger charge is -2.47. The van der Waals surface area contributed by atoms with E-state index in [0.29, 0.717) is 52.8 Å². The summed E-state index contributed by atoms with van der Waals surface area (Å²) in [5.41, 5.74) is 0.337. The van der Waals surface area contributed by atoms with Gasteiger partial charge in [0.1, 0.15) is 23.1 Å². The van der Waals surface area contributed by atoms with Crippen LogP contribution in [0.5, 0.6) is 5.75 Å². The molecule has 2 fully saturated rings. The summed E-state index contributed by atoms with van der Waals surface area (Å²) in [5, 5.41) is 6.82. The Labute approximate surface area is 272 Å². The first-order valence-corrected chi connectivity index (χ1v) is 15.8. The summed E-state index contributed by atoms with van der Waals surface area (Å²) >= 11 is 16.0. The van der Waals surface area contributed by atoms with Crippen molar-refractivity contribution < 1.29 is 23.5 Å². The number of piperidine rings is 2. The minimum Gasteiger partial charge on any atom is -0.490 e. The average molecular weight is 704 g/mol. The molecule has 12 heteroatoms. The Morgan fingerprint density at radius 2 is 1.80 bits per heavy atom. The predicted octanol–water partition coefficient (Wildman–Crippen LogP) is 6.65. The fourth-order valence-electron chi connectivity index (χ4n) is 6.79. The summed E-state index contributed by atoms with van der Waals surface area (Å²) in [6.07, 6.45) is 0.719. The fourth-order valence-corrected chi connectivity index (χ4v) is 7.51. The molecule has 3 heterocycles. The van der Waals surface area contributed by atoms with E-state index in [-0.39, 0.29) is 40.2 Å². The van der Waals surface area contributed by atoms with Gasteiger partial charge < -0.3 is 25.2 Å². The molecular formula is C32H30BrCl2FN4O4. The maximum absolute atomic E-state index is 16.5. The Balaban J connectivity index is 1.48. The van der Waals surface area contributed by atoms with Crippen LogP contribution in [0.2, 0.25) is 10.0 Å². The van der Waals surface area contributed by atoms with Gasteiger partial charge in [0.15, 0.2) is 0 Å². The second-order valence-electron chi connectivity index (χ2n) is 11.6. The van der Waals surface area contributed by atoms with Gasteiger partial charge in [-0.25, -0.2) is 9.18 Å². The van der Waals surface area contributed by atoms with Gasteiger partial charge >= 0.3 is 6.03 Å². The van der Waals surface area contributed by atoms with Crippen LogP contribution in [0, 0.1) is 5.82 Å². The van der Waals surface area contributed by atoms with Crippen LogP contribution in [-0.4, -0.2) is 60.9 Å². The van der Waals surface area contributed by atoms with E-state index in [2.05, 4.69) is 26.6 Å². The number of hydrogen-bond donors (Lipinski definition) is 2. The molecule has 3 atom stereocenters. The maximum atomic E-state index is 16.5. The quantitative estimate of drug-likeness (QED) is 0.318. The minimum absolute atomic E-state index is 0.0312. The van der Waals surface area contributed by atoms with Crippen molar-refractivity contribution in [3.05, 3.63) is 91.6 Å². The number of anilines is 1. The number of carbonyl (C=O) groups excluding carboxylic acids is 3. The van der Waals surface area contributed by atoms with E-state index < -0.39 is 29.1 Å². The first-order chi connectivity index (χ1) is 21.0. The van der Waals surface area contributed by atoms with E-state index in [1.54, 1.807) is 67.5 Å². The first kappa shape index (κ1) is 30.7. The highest BCUT2D eigenvalue weighted by atomic mass is 79.9.